The van der Waals surface area contributed by atoms with Gasteiger partial charge in [-0.25, -0.2) is 24.3 Å². The molecule has 0 aromatic heterocycles. The number of hydrogen-bond acceptors (Lipinski definition) is 0. The molecule has 0 heterocycles. The predicted molar refractivity (Wildman–Crippen MR) is 100 cm³/mol. The molecule has 0 saturated carbocycles. The van der Waals surface area contributed by atoms with Gasteiger partial charge in [-0.05, 0) is 0 Å². The fraction of sp³-hybridized carbons (Fsp3) is 0.500. The van der Waals surface area contributed by atoms with E-state index in [9.17, 15) is 0 Å². The van der Waals surface area contributed by atoms with Crippen LogP contribution in [0.5, 0.6) is 0 Å². The van der Waals surface area contributed by atoms with Crippen molar-refractivity contribution in [1.82, 2.24) is 0 Å². The minimum Gasteiger partial charge on any atom is -1.00 e. The monoisotopic (exact) mass is 645 g/mol. The van der Waals surface area contributed by atoms with Gasteiger partial charge in [-0.15, -0.1) is 0 Å². The van der Waals surface area contributed by atoms with Crippen molar-refractivity contribution in [2.45, 2.75) is 66.5 Å². The van der Waals surface area contributed by atoms with Gasteiger partial charge in [0.15, 0.2) is 0 Å². The third kappa shape index (κ3) is 15.5. The van der Waals surface area contributed by atoms with Gasteiger partial charge >= 0.3 is 26.2 Å². The second-order valence-electron chi connectivity index (χ2n) is 5.55. The fourth-order valence-corrected chi connectivity index (χ4v) is 2.19. The van der Waals surface area contributed by atoms with E-state index < -0.39 is 0 Å². The zero-order valence-electron chi connectivity index (χ0n) is 16.1. The molecule has 0 saturated heterocycles. The first-order chi connectivity index (χ1) is 10.1. The average Bonchev–Trinajstić information content (AvgIpc) is 3.03. The largest absolute Gasteiger partial charge is 4.00 e. The van der Waals surface area contributed by atoms with Crippen LogP contribution in [-0.4, -0.2) is 9.52 Å². The summed E-state index contributed by atoms with van der Waals surface area (Å²) >= 11 is 0. The topological polar surface area (TPSA) is 0 Å². The van der Waals surface area contributed by atoms with Crippen LogP contribution in [0.25, 0.3) is 0 Å². The number of hydrogen-bond donors (Lipinski definition) is 0. The van der Waals surface area contributed by atoms with E-state index >= 15 is 0 Å². The zero-order chi connectivity index (χ0) is 16.1. The van der Waals surface area contributed by atoms with Crippen LogP contribution in [0.2, 0.25) is 13.1 Å². The van der Waals surface area contributed by atoms with Gasteiger partial charge in [-0.1, -0.05) is 66.5 Å². The van der Waals surface area contributed by atoms with Gasteiger partial charge in [-0.2, -0.15) is 34.4 Å². The molecule has 135 valence electrons. The first kappa shape index (κ1) is 32.9. The second-order valence-corrected chi connectivity index (χ2v) is 6.70. The Morgan fingerprint density at radius 2 is 1.08 bits per heavy atom. The van der Waals surface area contributed by atoms with Gasteiger partial charge in [0.25, 0.3) is 0 Å². The Kier molecular flexibility index (Phi) is 30.6. The second kappa shape index (κ2) is 22.3. The number of halogens is 2. The van der Waals surface area contributed by atoms with Gasteiger partial charge in [0.2, 0.25) is 0 Å². The van der Waals surface area contributed by atoms with Gasteiger partial charge < -0.3 is 48.0 Å². The van der Waals surface area contributed by atoms with Crippen LogP contribution >= 0.6 is 0 Å². The molecule has 2 aromatic rings. The molecule has 2 aromatic carbocycles. The van der Waals surface area contributed by atoms with Crippen molar-refractivity contribution in [2.75, 3.05) is 0 Å². The summed E-state index contributed by atoms with van der Waals surface area (Å²) in [5.74, 6) is 0. The van der Waals surface area contributed by atoms with Crippen molar-refractivity contribution < 1.29 is 74.2 Å². The Morgan fingerprint density at radius 1 is 0.792 bits per heavy atom. The minimum absolute atomic E-state index is 0. The van der Waals surface area contributed by atoms with Crippen LogP contribution in [0.4, 0.5) is 0 Å². The van der Waals surface area contributed by atoms with Gasteiger partial charge in [0, 0.05) is 9.52 Å². The minimum atomic E-state index is 0. The van der Waals surface area contributed by atoms with Crippen LogP contribution in [-0.2, 0) is 39.0 Å². The maximum absolute atomic E-state index is 2.21. The molecule has 0 aliphatic heterocycles. The quantitative estimate of drug-likeness (QED) is 0.247. The molecule has 0 unspecified atom stereocenters. The molecule has 0 atom stereocenters. The first-order valence-corrected chi connectivity index (χ1v) is 10.6. The summed E-state index contributed by atoms with van der Waals surface area (Å²) in [4.78, 5) is 0. The van der Waals surface area contributed by atoms with Crippen LogP contribution in [0.1, 0.15) is 48.9 Å². The summed E-state index contributed by atoms with van der Waals surface area (Å²) in [5, 5.41) is 0. The average molecular weight is 647 g/mol. The molecule has 0 bridgehead atoms. The van der Waals surface area contributed by atoms with E-state index in [0.717, 1.165) is 9.52 Å². The molecule has 4 heteroatoms. The molecule has 1 radical (unpaired) electrons. The Morgan fingerprint density at radius 3 is 1.25 bits per heavy atom. The summed E-state index contributed by atoms with van der Waals surface area (Å²) in [6.07, 6.45) is 4.98. The van der Waals surface area contributed by atoms with Crippen molar-refractivity contribution in [3.63, 3.8) is 0 Å². The van der Waals surface area contributed by atoms with Gasteiger partial charge in [0.05, 0.1) is 0 Å². The van der Waals surface area contributed by atoms with Gasteiger partial charge in [0.1, 0.15) is 0 Å². The van der Waals surface area contributed by atoms with E-state index in [-0.39, 0.29) is 74.2 Å². The molecule has 2 rings (SSSR count). The molecule has 0 aliphatic rings. The van der Waals surface area contributed by atoms with E-state index in [1.807, 2.05) is 0 Å². The van der Waals surface area contributed by atoms with E-state index in [0.29, 0.717) is 0 Å². The van der Waals surface area contributed by atoms with Gasteiger partial charge in [-0.3, -0.25) is 0 Å². The SMILES string of the molecule is CCC[c-]1cccc1C.CCC[c-]1cccc1C.C[SiH]C.[I-].[I-].[Zr+4]. The van der Waals surface area contributed by atoms with E-state index in [4.69, 9.17) is 0 Å². The maximum atomic E-state index is 2.21. The molecule has 0 N–H and O–H groups in total. The van der Waals surface area contributed by atoms with Crippen LogP contribution in [0.3, 0.4) is 0 Å². The third-order valence-corrected chi connectivity index (χ3v) is 3.34. The van der Waals surface area contributed by atoms with Crippen LogP contribution in [0.15, 0.2) is 36.4 Å². The third-order valence-electron chi connectivity index (χ3n) is 3.34. The van der Waals surface area contributed by atoms with E-state index in [1.165, 1.54) is 47.9 Å². The van der Waals surface area contributed by atoms with Crippen molar-refractivity contribution in [1.29, 1.82) is 0 Å². The zero-order valence-corrected chi connectivity index (χ0v) is 24.1. The van der Waals surface area contributed by atoms with E-state index in [1.54, 1.807) is 0 Å². The molecule has 0 spiro atoms. The predicted octanol–water partition coefficient (Wildman–Crippen LogP) is -0.143. The first-order valence-electron chi connectivity index (χ1n) is 8.26. The Balaban J connectivity index is -0.000000130. The molecular formula is C20H33I2SiZr. The summed E-state index contributed by atoms with van der Waals surface area (Å²) in [7, 11) is 0.750. The number of aryl methyl sites for hydroxylation is 4. The molecule has 0 fully saturated rings. The summed E-state index contributed by atoms with van der Waals surface area (Å²) in [5.41, 5.74) is 5.91. The van der Waals surface area contributed by atoms with E-state index in [2.05, 4.69) is 77.2 Å². The normalized spacial score (nSPS) is 8.25. The van der Waals surface area contributed by atoms with Crippen LogP contribution in [0, 0.1) is 13.8 Å². The van der Waals surface area contributed by atoms with Crippen molar-refractivity contribution in [3.05, 3.63) is 58.7 Å². The molecule has 0 aliphatic carbocycles. The summed E-state index contributed by atoms with van der Waals surface area (Å²) in [6.45, 7) is 13.2. The number of rotatable bonds is 4. The van der Waals surface area contributed by atoms with Crippen molar-refractivity contribution >= 4 is 9.52 Å². The van der Waals surface area contributed by atoms with Crippen molar-refractivity contribution in [2.24, 2.45) is 0 Å². The molecule has 24 heavy (non-hydrogen) atoms. The summed E-state index contributed by atoms with van der Waals surface area (Å²) in [6, 6.07) is 13.0. The van der Waals surface area contributed by atoms with Crippen molar-refractivity contribution in [3.8, 4) is 0 Å². The Hall–Kier alpha value is 1.26. The Bertz CT molecular complexity index is 421. The molecule has 0 nitrogen and oxygen atoms in total. The standard InChI is InChI=1S/2C9H13.C2H7Si.2HI.Zr/c2*1-3-5-9-7-4-6-8(9)2;1-3-2;;;/h2*4,6-7H,3,5H2,1-2H3;3H,1-2H3;2*1H;/q2*-1;;;;+4/p-2. The molecular weight excluding hydrogens is 613 g/mol. The fourth-order valence-electron chi connectivity index (χ4n) is 2.19. The molecule has 0 amide bonds. The summed E-state index contributed by atoms with van der Waals surface area (Å²) < 4.78 is 0. The van der Waals surface area contributed by atoms with Crippen LogP contribution < -0.4 is 48.0 Å². The maximum Gasteiger partial charge on any atom is 4.00 e. The smallest absolute Gasteiger partial charge is 1.00 e. The Labute approximate surface area is 206 Å².